The zero-order valence-corrected chi connectivity index (χ0v) is 9.39. The predicted molar refractivity (Wildman–Crippen MR) is 57.0 cm³/mol. The van der Waals surface area contributed by atoms with Gasteiger partial charge in [0.2, 0.25) is 0 Å². The lowest BCUT2D eigenvalue weighted by atomic mass is 10.1. The van der Waals surface area contributed by atoms with Gasteiger partial charge in [0, 0.05) is 25.0 Å². The van der Waals surface area contributed by atoms with Gasteiger partial charge in [0.05, 0.1) is 6.61 Å². The van der Waals surface area contributed by atoms with E-state index in [0.29, 0.717) is 26.0 Å². The molecule has 0 saturated carbocycles. The molecule has 1 aliphatic rings. The van der Waals surface area contributed by atoms with Crippen LogP contribution in [0.4, 0.5) is 4.79 Å². The number of carboxylic acid groups (broad SMARTS) is 1. The summed E-state index contributed by atoms with van der Waals surface area (Å²) >= 11 is 0. The summed E-state index contributed by atoms with van der Waals surface area (Å²) in [6, 6.07) is -0.278. The number of carbonyl (C=O) groups excluding carboxylic acids is 1. The zero-order valence-electron chi connectivity index (χ0n) is 9.39. The minimum absolute atomic E-state index is 0.122. The van der Waals surface area contributed by atoms with E-state index in [1.165, 1.54) is 4.90 Å². The first-order valence-corrected chi connectivity index (χ1v) is 5.45. The number of nitrogens with two attached hydrogens (primary N) is 1. The molecular formula is C10H18N2O4. The molecule has 0 aromatic heterocycles. The summed E-state index contributed by atoms with van der Waals surface area (Å²) in [4.78, 5) is 23.3. The van der Waals surface area contributed by atoms with E-state index in [1.54, 1.807) is 6.92 Å². The zero-order chi connectivity index (χ0) is 12.1. The molecule has 0 aromatic carbocycles. The van der Waals surface area contributed by atoms with Crippen LogP contribution in [0.5, 0.6) is 0 Å². The van der Waals surface area contributed by atoms with Crippen molar-refractivity contribution in [2.75, 3.05) is 13.2 Å². The van der Waals surface area contributed by atoms with Gasteiger partial charge in [0.25, 0.3) is 0 Å². The Kier molecular flexibility index (Phi) is 4.54. The highest BCUT2D eigenvalue weighted by Gasteiger charge is 2.33. The van der Waals surface area contributed by atoms with Crippen molar-refractivity contribution < 1.29 is 19.4 Å². The number of carbonyl (C=O) groups is 2. The molecule has 0 spiro atoms. The maximum Gasteiger partial charge on any atom is 0.407 e. The maximum atomic E-state index is 11.1. The number of rotatable bonds is 4. The third-order valence-corrected chi connectivity index (χ3v) is 2.68. The average molecular weight is 230 g/mol. The number of likely N-dealkylation sites (tertiary alicyclic amines) is 1. The number of hydrogen-bond acceptors (Lipinski definition) is 4. The number of ether oxygens (including phenoxy) is 1. The van der Waals surface area contributed by atoms with Crippen molar-refractivity contribution in [1.29, 1.82) is 0 Å². The van der Waals surface area contributed by atoms with Gasteiger partial charge in [-0.1, -0.05) is 0 Å². The van der Waals surface area contributed by atoms with Crippen LogP contribution in [0.15, 0.2) is 0 Å². The number of hydrogen-bond donors (Lipinski definition) is 2. The normalized spacial score (nSPS) is 24.5. The fourth-order valence-corrected chi connectivity index (χ4v) is 1.98. The first-order chi connectivity index (χ1) is 7.54. The van der Waals surface area contributed by atoms with Gasteiger partial charge in [-0.05, 0) is 19.8 Å². The molecule has 0 bridgehead atoms. The van der Waals surface area contributed by atoms with Gasteiger partial charge in [0.1, 0.15) is 0 Å². The standard InChI is InChI=1S/C10H18N2O4/c1-2-16-9(13)4-3-8-5-7(11)6-12(8)10(14)15/h7-8H,2-6,11H2,1H3,(H,14,15). The van der Waals surface area contributed by atoms with Crippen LogP contribution in [-0.2, 0) is 9.53 Å². The molecule has 0 aliphatic carbocycles. The van der Waals surface area contributed by atoms with Crippen molar-refractivity contribution in [2.45, 2.75) is 38.3 Å². The second kappa shape index (κ2) is 5.69. The number of esters is 1. The van der Waals surface area contributed by atoms with Crippen LogP contribution < -0.4 is 5.73 Å². The van der Waals surface area contributed by atoms with Crippen molar-refractivity contribution in [3.8, 4) is 0 Å². The van der Waals surface area contributed by atoms with Crippen LogP contribution in [0.3, 0.4) is 0 Å². The van der Waals surface area contributed by atoms with E-state index in [-0.39, 0.29) is 24.5 Å². The van der Waals surface area contributed by atoms with Crippen LogP contribution in [0.2, 0.25) is 0 Å². The molecule has 92 valence electrons. The summed E-state index contributed by atoms with van der Waals surface area (Å²) in [6.45, 7) is 2.45. The molecule has 0 aromatic rings. The molecule has 0 radical (unpaired) electrons. The highest BCUT2D eigenvalue weighted by atomic mass is 16.5. The van der Waals surface area contributed by atoms with E-state index in [2.05, 4.69) is 0 Å². The summed E-state index contributed by atoms with van der Waals surface area (Å²) in [5.41, 5.74) is 5.70. The molecule has 1 rings (SSSR count). The van der Waals surface area contributed by atoms with Gasteiger partial charge in [-0.2, -0.15) is 0 Å². The van der Waals surface area contributed by atoms with Gasteiger partial charge < -0.3 is 20.5 Å². The van der Waals surface area contributed by atoms with Crippen LogP contribution >= 0.6 is 0 Å². The molecule has 2 atom stereocenters. The monoisotopic (exact) mass is 230 g/mol. The highest BCUT2D eigenvalue weighted by molar-refractivity contribution is 5.70. The smallest absolute Gasteiger partial charge is 0.407 e. The van der Waals surface area contributed by atoms with Crippen molar-refractivity contribution in [3.63, 3.8) is 0 Å². The predicted octanol–water partition coefficient (Wildman–Crippen LogP) is 0.409. The number of nitrogens with zero attached hydrogens (tertiary/aromatic N) is 1. The Bertz CT molecular complexity index is 270. The Morgan fingerprint density at radius 3 is 2.81 bits per heavy atom. The molecule has 1 aliphatic heterocycles. The summed E-state index contributed by atoms with van der Waals surface area (Å²) in [5, 5.41) is 8.92. The minimum atomic E-state index is -0.971. The largest absolute Gasteiger partial charge is 0.466 e. The first kappa shape index (κ1) is 12.8. The molecule has 1 saturated heterocycles. The van der Waals surface area contributed by atoms with E-state index < -0.39 is 6.09 Å². The average Bonchev–Trinajstić information content (AvgIpc) is 2.57. The summed E-state index contributed by atoms with van der Waals surface area (Å²) in [5.74, 6) is -0.284. The summed E-state index contributed by atoms with van der Waals surface area (Å²) in [7, 11) is 0. The van der Waals surface area contributed by atoms with Crippen molar-refractivity contribution in [2.24, 2.45) is 5.73 Å². The second-order valence-electron chi connectivity index (χ2n) is 3.93. The lowest BCUT2D eigenvalue weighted by molar-refractivity contribution is -0.143. The van der Waals surface area contributed by atoms with E-state index in [1.807, 2.05) is 0 Å². The van der Waals surface area contributed by atoms with Crippen molar-refractivity contribution in [3.05, 3.63) is 0 Å². The van der Waals surface area contributed by atoms with E-state index in [0.717, 1.165) is 0 Å². The van der Waals surface area contributed by atoms with E-state index in [4.69, 9.17) is 15.6 Å². The SMILES string of the molecule is CCOC(=O)CCC1CC(N)CN1C(=O)O. The highest BCUT2D eigenvalue weighted by Crippen LogP contribution is 2.20. The molecule has 2 unspecified atom stereocenters. The van der Waals surface area contributed by atoms with Crippen molar-refractivity contribution >= 4 is 12.1 Å². The molecule has 1 fully saturated rings. The topological polar surface area (TPSA) is 92.9 Å². The molecule has 3 N–H and O–H groups in total. The second-order valence-corrected chi connectivity index (χ2v) is 3.93. The lowest BCUT2D eigenvalue weighted by Gasteiger charge is -2.20. The fourth-order valence-electron chi connectivity index (χ4n) is 1.98. The first-order valence-electron chi connectivity index (χ1n) is 5.45. The molecule has 6 heteroatoms. The third-order valence-electron chi connectivity index (χ3n) is 2.68. The van der Waals surface area contributed by atoms with Gasteiger partial charge in [-0.25, -0.2) is 4.79 Å². The molecular weight excluding hydrogens is 212 g/mol. The third kappa shape index (κ3) is 3.37. The molecule has 1 amide bonds. The van der Waals surface area contributed by atoms with Gasteiger partial charge in [-0.3, -0.25) is 4.79 Å². The van der Waals surface area contributed by atoms with Crippen LogP contribution in [0, 0.1) is 0 Å². The molecule has 1 heterocycles. The number of amides is 1. The lowest BCUT2D eigenvalue weighted by Crippen LogP contribution is -2.35. The van der Waals surface area contributed by atoms with E-state index in [9.17, 15) is 9.59 Å². The van der Waals surface area contributed by atoms with Gasteiger partial charge in [0.15, 0.2) is 0 Å². The maximum absolute atomic E-state index is 11.1. The quantitative estimate of drug-likeness (QED) is 0.682. The van der Waals surface area contributed by atoms with E-state index >= 15 is 0 Å². The molecule has 16 heavy (non-hydrogen) atoms. The Morgan fingerprint density at radius 1 is 1.56 bits per heavy atom. The fraction of sp³-hybridized carbons (Fsp3) is 0.800. The molecule has 6 nitrogen and oxygen atoms in total. The Hall–Kier alpha value is -1.30. The van der Waals surface area contributed by atoms with Crippen molar-refractivity contribution in [1.82, 2.24) is 4.90 Å². The minimum Gasteiger partial charge on any atom is -0.466 e. The van der Waals surface area contributed by atoms with Crippen LogP contribution in [0.25, 0.3) is 0 Å². The summed E-state index contributed by atoms with van der Waals surface area (Å²) in [6.07, 6.45) is 0.376. The van der Waals surface area contributed by atoms with Gasteiger partial charge in [-0.15, -0.1) is 0 Å². The Balaban J connectivity index is 2.40. The van der Waals surface area contributed by atoms with Crippen LogP contribution in [0.1, 0.15) is 26.2 Å². The summed E-state index contributed by atoms with van der Waals surface area (Å²) < 4.78 is 4.79. The van der Waals surface area contributed by atoms with Crippen LogP contribution in [-0.4, -0.2) is 47.3 Å². The Labute approximate surface area is 94.3 Å². The Morgan fingerprint density at radius 2 is 2.25 bits per heavy atom. The van der Waals surface area contributed by atoms with Gasteiger partial charge >= 0.3 is 12.1 Å².